The quantitative estimate of drug-likeness (QED) is 0.946. The number of aromatic nitrogens is 1. The molecule has 5 heteroatoms. The molecule has 1 aliphatic heterocycles. The number of nitrogens with zero attached hydrogens (tertiary/aromatic N) is 1. The standard InChI is InChI=1S/C16H20N2O2S/c1-17-16(15-6-2-3-10-21(15,19)20)13-8-7-12-5-4-9-18-14(12)11-13/h4-5,7-9,11,15-17H,2-3,6,10H2,1H3. The van der Waals surface area contributed by atoms with Gasteiger partial charge < -0.3 is 5.32 Å². The highest BCUT2D eigenvalue weighted by Gasteiger charge is 2.35. The molecule has 1 saturated heterocycles. The summed E-state index contributed by atoms with van der Waals surface area (Å²) in [5, 5.41) is 3.94. The summed E-state index contributed by atoms with van der Waals surface area (Å²) in [5.41, 5.74) is 1.91. The van der Waals surface area contributed by atoms with Crippen molar-refractivity contribution < 1.29 is 8.42 Å². The topological polar surface area (TPSA) is 59.1 Å². The Morgan fingerprint density at radius 3 is 2.90 bits per heavy atom. The lowest BCUT2D eigenvalue weighted by atomic mass is 9.98. The Hall–Kier alpha value is -1.46. The normalized spacial score (nSPS) is 23.0. The maximum Gasteiger partial charge on any atom is 0.155 e. The second-order valence-corrected chi connectivity index (χ2v) is 7.96. The van der Waals surface area contributed by atoms with E-state index in [1.807, 2.05) is 37.4 Å². The summed E-state index contributed by atoms with van der Waals surface area (Å²) in [6.45, 7) is 0. The minimum atomic E-state index is -3.02. The van der Waals surface area contributed by atoms with Gasteiger partial charge in [0.2, 0.25) is 0 Å². The SMILES string of the molecule is CNC(c1ccc2cccnc2c1)C1CCCCS1(=O)=O. The Morgan fingerprint density at radius 2 is 2.14 bits per heavy atom. The van der Waals surface area contributed by atoms with Crippen molar-refractivity contribution in [3.05, 3.63) is 42.1 Å². The van der Waals surface area contributed by atoms with E-state index in [2.05, 4.69) is 10.3 Å². The summed E-state index contributed by atoms with van der Waals surface area (Å²) in [6, 6.07) is 9.77. The summed E-state index contributed by atoms with van der Waals surface area (Å²) in [4.78, 5) is 4.36. The van der Waals surface area contributed by atoms with E-state index < -0.39 is 9.84 Å². The fraction of sp³-hybridized carbons (Fsp3) is 0.438. The Kier molecular flexibility index (Phi) is 3.95. The molecular formula is C16H20N2O2S. The molecular weight excluding hydrogens is 284 g/mol. The van der Waals surface area contributed by atoms with Crippen LogP contribution in [0.5, 0.6) is 0 Å². The van der Waals surface area contributed by atoms with E-state index in [1.165, 1.54) is 0 Å². The molecule has 2 heterocycles. The summed E-state index contributed by atoms with van der Waals surface area (Å²) < 4.78 is 24.7. The van der Waals surface area contributed by atoms with Crippen LogP contribution in [-0.4, -0.2) is 31.5 Å². The lowest BCUT2D eigenvalue weighted by Gasteiger charge is -2.30. The van der Waals surface area contributed by atoms with Crippen LogP contribution in [0, 0.1) is 0 Å². The van der Waals surface area contributed by atoms with Crippen molar-refractivity contribution in [3.63, 3.8) is 0 Å². The third-order valence-corrected chi connectivity index (χ3v) is 6.59. The molecule has 21 heavy (non-hydrogen) atoms. The minimum Gasteiger partial charge on any atom is -0.312 e. The van der Waals surface area contributed by atoms with E-state index in [9.17, 15) is 8.42 Å². The van der Waals surface area contributed by atoms with Gasteiger partial charge in [-0.1, -0.05) is 24.6 Å². The van der Waals surface area contributed by atoms with Crippen molar-refractivity contribution in [1.82, 2.24) is 10.3 Å². The van der Waals surface area contributed by atoms with Crippen molar-refractivity contribution in [2.75, 3.05) is 12.8 Å². The van der Waals surface area contributed by atoms with Gasteiger partial charge in [0.05, 0.1) is 16.5 Å². The maximum atomic E-state index is 12.4. The first-order valence-corrected chi connectivity index (χ1v) is 9.07. The average molecular weight is 304 g/mol. The molecule has 2 atom stereocenters. The van der Waals surface area contributed by atoms with E-state index >= 15 is 0 Å². The lowest BCUT2D eigenvalue weighted by molar-refractivity contribution is 0.469. The van der Waals surface area contributed by atoms with Gasteiger partial charge in [0.1, 0.15) is 0 Å². The number of pyridine rings is 1. The van der Waals surface area contributed by atoms with Gasteiger partial charge in [-0.25, -0.2) is 8.42 Å². The number of benzene rings is 1. The molecule has 0 aliphatic carbocycles. The fourth-order valence-corrected chi connectivity index (χ4v) is 5.34. The molecule has 2 unspecified atom stereocenters. The van der Waals surface area contributed by atoms with Crippen LogP contribution in [0.25, 0.3) is 10.9 Å². The van der Waals surface area contributed by atoms with E-state index in [4.69, 9.17) is 0 Å². The van der Waals surface area contributed by atoms with Gasteiger partial charge in [-0.2, -0.15) is 0 Å². The Labute approximate surface area is 125 Å². The van der Waals surface area contributed by atoms with Gasteiger partial charge in [0.15, 0.2) is 9.84 Å². The van der Waals surface area contributed by atoms with Crippen LogP contribution < -0.4 is 5.32 Å². The summed E-state index contributed by atoms with van der Waals surface area (Å²) in [6.07, 6.45) is 4.26. The number of nitrogens with one attached hydrogen (secondary N) is 1. The van der Waals surface area contributed by atoms with E-state index in [0.717, 1.165) is 35.7 Å². The molecule has 1 fully saturated rings. The van der Waals surface area contributed by atoms with Crippen LogP contribution in [0.4, 0.5) is 0 Å². The zero-order chi connectivity index (χ0) is 14.9. The number of sulfone groups is 1. The Morgan fingerprint density at radius 1 is 1.29 bits per heavy atom. The molecule has 0 bridgehead atoms. The molecule has 4 nitrogen and oxygen atoms in total. The van der Waals surface area contributed by atoms with Crippen molar-refractivity contribution in [2.45, 2.75) is 30.6 Å². The van der Waals surface area contributed by atoms with Gasteiger partial charge in [0.25, 0.3) is 0 Å². The first-order valence-electron chi connectivity index (χ1n) is 7.35. The molecule has 2 aromatic rings. The molecule has 3 rings (SSSR count). The van der Waals surface area contributed by atoms with Gasteiger partial charge in [-0.05, 0) is 37.6 Å². The molecule has 1 aromatic heterocycles. The first-order chi connectivity index (χ1) is 10.1. The molecule has 0 spiro atoms. The number of rotatable bonds is 3. The van der Waals surface area contributed by atoms with E-state index in [0.29, 0.717) is 5.75 Å². The summed E-state index contributed by atoms with van der Waals surface area (Å²) >= 11 is 0. The van der Waals surface area contributed by atoms with Crippen molar-refractivity contribution >= 4 is 20.7 Å². The Balaban J connectivity index is 2.01. The van der Waals surface area contributed by atoms with Crippen molar-refractivity contribution in [3.8, 4) is 0 Å². The van der Waals surface area contributed by atoms with Crippen LogP contribution in [0.2, 0.25) is 0 Å². The van der Waals surface area contributed by atoms with Crippen molar-refractivity contribution in [1.29, 1.82) is 0 Å². The molecule has 0 saturated carbocycles. The van der Waals surface area contributed by atoms with E-state index in [1.54, 1.807) is 6.20 Å². The summed E-state index contributed by atoms with van der Waals surface area (Å²) in [5.74, 6) is 0.307. The molecule has 0 amide bonds. The molecule has 112 valence electrons. The second-order valence-electron chi connectivity index (χ2n) is 5.62. The van der Waals surface area contributed by atoms with E-state index in [-0.39, 0.29) is 11.3 Å². The van der Waals surface area contributed by atoms with Crippen LogP contribution >= 0.6 is 0 Å². The van der Waals surface area contributed by atoms with Gasteiger partial charge in [-0.3, -0.25) is 4.98 Å². The molecule has 0 radical (unpaired) electrons. The molecule has 1 aromatic carbocycles. The third-order valence-electron chi connectivity index (χ3n) is 4.30. The smallest absolute Gasteiger partial charge is 0.155 e. The summed E-state index contributed by atoms with van der Waals surface area (Å²) in [7, 11) is -1.19. The predicted molar refractivity (Wildman–Crippen MR) is 85.0 cm³/mol. The number of fused-ring (bicyclic) bond motifs is 1. The largest absolute Gasteiger partial charge is 0.312 e. The second kappa shape index (κ2) is 5.73. The van der Waals surface area contributed by atoms with Gasteiger partial charge in [0, 0.05) is 17.6 Å². The highest BCUT2D eigenvalue weighted by atomic mass is 32.2. The average Bonchev–Trinajstić information content (AvgIpc) is 2.49. The lowest BCUT2D eigenvalue weighted by Crippen LogP contribution is -2.39. The number of hydrogen-bond donors (Lipinski definition) is 1. The van der Waals surface area contributed by atoms with Gasteiger partial charge >= 0.3 is 0 Å². The number of hydrogen-bond acceptors (Lipinski definition) is 4. The third kappa shape index (κ3) is 2.80. The molecule has 1 N–H and O–H groups in total. The minimum absolute atomic E-state index is 0.165. The highest BCUT2D eigenvalue weighted by molar-refractivity contribution is 7.92. The van der Waals surface area contributed by atoms with Crippen LogP contribution in [-0.2, 0) is 9.84 Å². The van der Waals surface area contributed by atoms with Crippen molar-refractivity contribution in [2.24, 2.45) is 0 Å². The maximum absolute atomic E-state index is 12.4. The van der Waals surface area contributed by atoms with Crippen LogP contribution in [0.3, 0.4) is 0 Å². The van der Waals surface area contributed by atoms with Crippen LogP contribution in [0.15, 0.2) is 36.5 Å². The predicted octanol–water partition coefficient (Wildman–Crippen LogP) is 2.46. The zero-order valence-electron chi connectivity index (χ0n) is 12.1. The van der Waals surface area contributed by atoms with Crippen LogP contribution in [0.1, 0.15) is 30.9 Å². The highest BCUT2D eigenvalue weighted by Crippen LogP contribution is 2.31. The fourth-order valence-electron chi connectivity index (χ4n) is 3.20. The molecule has 1 aliphatic rings. The Bertz CT molecular complexity index is 743. The zero-order valence-corrected chi connectivity index (χ0v) is 12.9. The monoisotopic (exact) mass is 304 g/mol. The van der Waals surface area contributed by atoms with Gasteiger partial charge in [-0.15, -0.1) is 0 Å². The first kappa shape index (κ1) is 14.5.